The van der Waals surface area contributed by atoms with Crippen LogP contribution in [0.5, 0.6) is 0 Å². The summed E-state index contributed by atoms with van der Waals surface area (Å²) >= 11 is 6.19. The molecule has 3 nitrogen and oxygen atoms in total. The number of hydrogen-bond acceptors (Lipinski definition) is 3. The van der Waals surface area contributed by atoms with Gasteiger partial charge in [-0.2, -0.15) is 0 Å². The first-order valence-corrected chi connectivity index (χ1v) is 7.12. The Morgan fingerprint density at radius 3 is 2.89 bits per heavy atom. The monoisotopic (exact) mass is 281 g/mol. The van der Waals surface area contributed by atoms with E-state index in [9.17, 15) is 4.79 Å². The van der Waals surface area contributed by atoms with Gasteiger partial charge >= 0.3 is 5.97 Å². The zero-order valence-electron chi connectivity index (χ0n) is 11.4. The van der Waals surface area contributed by atoms with Crippen molar-refractivity contribution in [3.8, 4) is 0 Å². The highest BCUT2D eigenvalue weighted by Crippen LogP contribution is 2.30. The van der Waals surface area contributed by atoms with Crippen LogP contribution < -0.4 is 5.32 Å². The number of rotatable bonds is 3. The first-order valence-electron chi connectivity index (χ1n) is 6.74. The number of carbonyl (C=O) groups excluding carboxylic acids is 1. The Hall–Kier alpha value is -1.22. The Balaban J connectivity index is 2.12. The van der Waals surface area contributed by atoms with Crippen LogP contribution in [-0.2, 0) is 4.74 Å². The summed E-state index contributed by atoms with van der Waals surface area (Å²) in [4.78, 5) is 11.5. The van der Waals surface area contributed by atoms with E-state index in [0.29, 0.717) is 16.6 Å². The highest BCUT2D eigenvalue weighted by molar-refractivity contribution is 6.33. The lowest BCUT2D eigenvalue weighted by Crippen LogP contribution is -2.26. The van der Waals surface area contributed by atoms with Crippen molar-refractivity contribution in [1.82, 2.24) is 0 Å². The molecule has 1 aliphatic carbocycles. The van der Waals surface area contributed by atoms with Crippen LogP contribution in [0.1, 0.15) is 43.0 Å². The van der Waals surface area contributed by atoms with Crippen LogP contribution in [0.2, 0.25) is 5.02 Å². The highest BCUT2D eigenvalue weighted by Gasteiger charge is 2.19. The molecule has 0 aromatic heterocycles. The van der Waals surface area contributed by atoms with E-state index in [1.807, 2.05) is 0 Å². The summed E-state index contributed by atoms with van der Waals surface area (Å²) in [6.45, 7) is 2.28. The highest BCUT2D eigenvalue weighted by atomic mass is 35.5. The molecule has 19 heavy (non-hydrogen) atoms. The SMILES string of the molecule is COC(=O)c1ccc(Cl)c(NC2CCCC(C)C2)c1. The van der Waals surface area contributed by atoms with Gasteiger partial charge in [-0.1, -0.05) is 31.4 Å². The maximum absolute atomic E-state index is 11.5. The van der Waals surface area contributed by atoms with E-state index in [4.69, 9.17) is 16.3 Å². The fourth-order valence-corrected chi connectivity index (χ4v) is 2.84. The molecule has 0 radical (unpaired) electrons. The minimum absolute atomic E-state index is 0.336. The summed E-state index contributed by atoms with van der Waals surface area (Å²) in [5, 5.41) is 4.10. The molecule has 0 aliphatic heterocycles. The van der Waals surface area contributed by atoms with Gasteiger partial charge in [0, 0.05) is 6.04 Å². The van der Waals surface area contributed by atoms with E-state index >= 15 is 0 Å². The molecule has 2 rings (SSSR count). The molecule has 1 fully saturated rings. The maximum Gasteiger partial charge on any atom is 0.337 e. The Bertz CT molecular complexity index is 461. The second kappa shape index (κ2) is 6.29. The van der Waals surface area contributed by atoms with Crippen LogP contribution in [0.3, 0.4) is 0 Å². The molecule has 2 atom stereocenters. The van der Waals surface area contributed by atoms with Gasteiger partial charge in [0.1, 0.15) is 0 Å². The largest absolute Gasteiger partial charge is 0.465 e. The normalized spacial score (nSPS) is 22.9. The number of halogens is 1. The van der Waals surface area contributed by atoms with Crippen LogP contribution in [0, 0.1) is 5.92 Å². The molecule has 1 aliphatic rings. The van der Waals surface area contributed by atoms with E-state index < -0.39 is 0 Å². The minimum Gasteiger partial charge on any atom is -0.465 e. The third kappa shape index (κ3) is 3.63. The van der Waals surface area contributed by atoms with Gasteiger partial charge in [0.15, 0.2) is 0 Å². The molecule has 0 amide bonds. The Kier molecular flexibility index (Phi) is 4.70. The number of benzene rings is 1. The van der Waals surface area contributed by atoms with Gasteiger partial charge in [0.2, 0.25) is 0 Å². The number of anilines is 1. The fraction of sp³-hybridized carbons (Fsp3) is 0.533. The van der Waals surface area contributed by atoms with Gasteiger partial charge in [-0.05, 0) is 37.0 Å². The molecular weight excluding hydrogens is 262 g/mol. The third-order valence-corrected chi connectivity index (χ3v) is 4.01. The molecule has 104 valence electrons. The average molecular weight is 282 g/mol. The molecule has 0 saturated heterocycles. The molecule has 1 aromatic carbocycles. The summed E-state index contributed by atoms with van der Waals surface area (Å²) < 4.78 is 4.73. The van der Waals surface area contributed by atoms with Crippen molar-refractivity contribution in [2.75, 3.05) is 12.4 Å². The predicted octanol–water partition coefficient (Wildman–Crippen LogP) is 4.12. The van der Waals surface area contributed by atoms with Gasteiger partial charge in [-0.3, -0.25) is 0 Å². The predicted molar refractivity (Wildman–Crippen MR) is 77.8 cm³/mol. The molecule has 1 saturated carbocycles. The van der Waals surface area contributed by atoms with Crippen molar-refractivity contribution in [1.29, 1.82) is 0 Å². The molecule has 4 heteroatoms. The number of esters is 1. The van der Waals surface area contributed by atoms with Gasteiger partial charge in [0.25, 0.3) is 0 Å². The van der Waals surface area contributed by atoms with E-state index in [1.54, 1.807) is 18.2 Å². The summed E-state index contributed by atoms with van der Waals surface area (Å²) in [6, 6.07) is 5.63. The van der Waals surface area contributed by atoms with Crippen LogP contribution in [-0.4, -0.2) is 19.1 Å². The Morgan fingerprint density at radius 2 is 2.21 bits per heavy atom. The van der Waals surface area contributed by atoms with Gasteiger partial charge in [-0.15, -0.1) is 0 Å². The molecule has 1 aromatic rings. The number of methoxy groups -OCH3 is 1. The second-order valence-corrected chi connectivity index (χ2v) is 5.71. The molecular formula is C15H20ClNO2. The van der Waals surface area contributed by atoms with Crippen molar-refractivity contribution in [3.63, 3.8) is 0 Å². The van der Waals surface area contributed by atoms with E-state index in [1.165, 1.54) is 20.0 Å². The van der Waals surface area contributed by atoms with Crippen LogP contribution in [0.4, 0.5) is 5.69 Å². The lowest BCUT2D eigenvalue weighted by atomic mass is 9.87. The Morgan fingerprint density at radius 1 is 1.42 bits per heavy atom. The van der Waals surface area contributed by atoms with Crippen LogP contribution >= 0.6 is 11.6 Å². The molecule has 2 unspecified atom stereocenters. The smallest absolute Gasteiger partial charge is 0.337 e. The van der Waals surface area contributed by atoms with Gasteiger partial charge in [0.05, 0.1) is 23.4 Å². The standard InChI is InChI=1S/C15H20ClNO2/c1-10-4-3-5-12(8-10)17-14-9-11(15(18)19-2)6-7-13(14)16/h6-7,9-10,12,17H,3-5,8H2,1-2H3. The van der Waals surface area contributed by atoms with Crippen LogP contribution in [0.15, 0.2) is 18.2 Å². The van der Waals surface area contributed by atoms with Gasteiger partial charge in [-0.25, -0.2) is 4.79 Å². The topological polar surface area (TPSA) is 38.3 Å². The van der Waals surface area contributed by atoms with Crippen molar-refractivity contribution in [2.45, 2.75) is 38.6 Å². The third-order valence-electron chi connectivity index (χ3n) is 3.68. The van der Waals surface area contributed by atoms with E-state index in [-0.39, 0.29) is 5.97 Å². The first kappa shape index (κ1) is 14.2. The van der Waals surface area contributed by atoms with Crippen molar-refractivity contribution in [2.24, 2.45) is 5.92 Å². The molecule has 1 N–H and O–H groups in total. The second-order valence-electron chi connectivity index (χ2n) is 5.30. The maximum atomic E-state index is 11.5. The molecule has 0 bridgehead atoms. The molecule has 0 spiro atoms. The van der Waals surface area contributed by atoms with Gasteiger partial charge < -0.3 is 10.1 Å². The number of hydrogen-bond donors (Lipinski definition) is 1. The minimum atomic E-state index is -0.336. The summed E-state index contributed by atoms with van der Waals surface area (Å²) in [5.74, 6) is 0.408. The van der Waals surface area contributed by atoms with E-state index in [2.05, 4.69) is 12.2 Å². The summed E-state index contributed by atoms with van der Waals surface area (Å²) in [7, 11) is 1.38. The van der Waals surface area contributed by atoms with Crippen molar-refractivity contribution < 1.29 is 9.53 Å². The van der Waals surface area contributed by atoms with Crippen LogP contribution in [0.25, 0.3) is 0 Å². The average Bonchev–Trinajstić information content (AvgIpc) is 2.40. The summed E-state index contributed by atoms with van der Waals surface area (Å²) in [5.41, 5.74) is 1.35. The summed E-state index contributed by atoms with van der Waals surface area (Å²) in [6.07, 6.45) is 4.85. The lowest BCUT2D eigenvalue weighted by Gasteiger charge is -2.28. The number of nitrogens with one attached hydrogen (secondary N) is 1. The molecule has 0 heterocycles. The van der Waals surface area contributed by atoms with Crippen molar-refractivity contribution in [3.05, 3.63) is 28.8 Å². The number of ether oxygens (including phenoxy) is 1. The Labute approximate surface area is 119 Å². The first-order chi connectivity index (χ1) is 9.10. The zero-order chi connectivity index (χ0) is 13.8. The van der Waals surface area contributed by atoms with E-state index in [0.717, 1.165) is 24.4 Å². The fourth-order valence-electron chi connectivity index (χ4n) is 2.67. The quantitative estimate of drug-likeness (QED) is 0.847. The zero-order valence-corrected chi connectivity index (χ0v) is 12.2. The lowest BCUT2D eigenvalue weighted by molar-refractivity contribution is 0.0601. The van der Waals surface area contributed by atoms with Crippen molar-refractivity contribution >= 4 is 23.3 Å². The number of carbonyl (C=O) groups is 1.